The first-order valence-electron chi connectivity index (χ1n) is 4.50. The van der Waals surface area contributed by atoms with Crippen molar-refractivity contribution in [1.82, 2.24) is 0 Å². The van der Waals surface area contributed by atoms with Gasteiger partial charge in [0.25, 0.3) is 0 Å². The Morgan fingerprint density at radius 2 is 1.94 bits per heavy atom. The van der Waals surface area contributed by atoms with Crippen molar-refractivity contribution in [2.45, 2.75) is 11.3 Å². The van der Waals surface area contributed by atoms with E-state index in [2.05, 4.69) is 4.52 Å². The van der Waals surface area contributed by atoms with Crippen molar-refractivity contribution in [3.05, 3.63) is 30.3 Å². The molecule has 1 atom stereocenters. The Morgan fingerprint density at radius 3 is 2.50 bits per heavy atom. The molecule has 0 spiro atoms. The zero-order chi connectivity index (χ0) is 12.0. The molecular weight excluding hydrogens is 274 g/mol. The summed E-state index contributed by atoms with van der Waals surface area (Å²) >= 11 is 10.9. The summed E-state index contributed by atoms with van der Waals surface area (Å²) in [5.41, 5.74) is 0. The highest BCUT2D eigenvalue weighted by molar-refractivity contribution is 7.47. The average molecular weight is 285 g/mol. The highest BCUT2D eigenvalue weighted by Crippen LogP contribution is 2.43. The smallest absolute Gasteiger partial charge is 0.404 e. The van der Waals surface area contributed by atoms with E-state index in [1.54, 1.807) is 30.3 Å². The molecule has 0 aliphatic rings. The van der Waals surface area contributed by atoms with Gasteiger partial charge in [0, 0.05) is 6.42 Å². The minimum absolute atomic E-state index is 0.0434. The van der Waals surface area contributed by atoms with Gasteiger partial charge >= 0.3 is 7.82 Å². The molecule has 0 aliphatic carbocycles. The van der Waals surface area contributed by atoms with E-state index in [0.717, 1.165) is 0 Å². The molecule has 0 fully saturated rings. The van der Waals surface area contributed by atoms with Crippen LogP contribution in [0.15, 0.2) is 30.3 Å². The largest absolute Gasteiger partial charge is 0.527 e. The second-order valence-electron chi connectivity index (χ2n) is 2.89. The second-order valence-corrected chi connectivity index (χ2v) is 5.54. The fourth-order valence-corrected chi connectivity index (χ4v) is 1.85. The molecule has 7 heteroatoms. The molecule has 1 unspecified atom stereocenters. The van der Waals surface area contributed by atoms with Crippen LogP contribution in [0.4, 0.5) is 0 Å². The zero-order valence-corrected chi connectivity index (χ0v) is 10.7. The van der Waals surface area contributed by atoms with Crippen molar-refractivity contribution in [2.75, 3.05) is 6.61 Å². The first-order valence-corrected chi connectivity index (χ1v) is 6.86. The van der Waals surface area contributed by atoms with Crippen LogP contribution >= 0.6 is 31.0 Å². The first-order chi connectivity index (χ1) is 7.49. The summed E-state index contributed by atoms with van der Waals surface area (Å²) in [7, 11) is -4.09. The van der Waals surface area contributed by atoms with E-state index in [-0.39, 0.29) is 18.8 Å². The molecule has 1 aromatic rings. The van der Waals surface area contributed by atoms with Crippen LogP contribution in [0, 0.1) is 0 Å². The number of alkyl halides is 2. The maximum absolute atomic E-state index is 11.4. The van der Waals surface area contributed by atoms with Gasteiger partial charge in [-0.3, -0.25) is 9.42 Å². The van der Waals surface area contributed by atoms with Gasteiger partial charge < -0.3 is 4.52 Å². The lowest BCUT2D eigenvalue weighted by atomic mass is 10.3. The average Bonchev–Trinajstić information content (AvgIpc) is 2.17. The number of para-hydroxylation sites is 1. The molecule has 1 N–H and O–H groups in total. The number of halogens is 2. The molecule has 0 amide bonds. The second kappa shape index (κ2) is 6.48. The van der Waals surface area contributed by atoms with E-state index >= 15 is 0 Å². The van der Waals surface area contributed by atoms with E-state index in [4.69, 9.17) is 27.7 Å². The third-order valence-corrected chi connectivity index (χ3v) is 2.94. The van der Waals surface area contributed by atoms with Crippen LogP contribution in [-0.2, 0) is 9.09 Å². The number of phosphoric ester groups is 1. The van der Waals surface area contributed by atoms with Gasteiger partial charge in [0.2, 0.25) is 0 Å². The molecule has 0 radical (unpaired) electrons. The van der Waals surface area contributed by atoms with Gasteiger partial charge in [0.1, 0.15) is 10.6 Å². The predicted molar refractivity (Wildman–Crippen MR) is 63.0 cm³/mol. The van der Waals surface area contributed by atoms with Gasteiger partial charge in [0.05, 0.1) is 6.61 Å². The molecule has 0 aliphatic heterocycles. The Hall–Kier alpha value is -0.250. The van der Waals surface area contributed by atoms with Gasteiger partial charge in [-0.1, -0.05) is 18.2 Å². The van der Waals surface area contributed by atoms with Crippen LogP contribution in [0.25, 0.3) is 0 Å². The quantitative estimate of drug-likeness (QED) is 0.643. The Balaban J connectivity index is 2.43. The first kappa shape index (κ1) is 13.8. The molecule has 0 saturated carbocycles. The number of rotatable bonds is 6. The summed E-state index contributed by atoms with van der Waals surface area (Å²) in [5, 5.41) is 0. The molecule has 1 rings (SSSR count). The Bertz CT molecular complexity index is 358. The monoisotopic (exact) mass is 284 g/mol. The molecule has 4 nitrogen and oxygen atoms in total. The van der Waals surface area contributed by atoms with Crippen LogP contribution in [-0.4, -0.2) is 16.3 Å². The van der Waals surface area contributed by atoms with Gasteiger partial charge in [-0.15, -0.1) is 23.2 Å². The van der Waals surface area contributed by atoms with Crippen molar-refractivity contribution < 1.29 is 18.5 Å². The lowest BCUT2D eigenvalue weighted by Gasteiger charge is -2.12. The number of hydrogen-bond donors (Lipinski definition) is 1. The summed E-state index contributed by atoms with van der Waals surface area (Å²) in [6.45, 7) is -0.0434. The van der Waals surface area contributed by atoms with Crippen LogP contribution in [0.2, 0.25) is 0 Å². The summed E-state index contributed by atoms with van der Waals surface area (Å²) in [6.07, 6.45) is 0.256. The normalized spacial score (nSPS) is 14.8. The number of benzene rings is 1. The third kappa shape index (κ3) is 5.73. The maximum atomic E-state index is 11.4. The summed E-state index contributed by atoms with van der Waals surface area (Å²) in [5.74, 6) is 0.265. The van der Waals surface area contributed by atoms with E-state index in [0.29, 0.717) is 0 Å². The highest BCUT2D eigenvalue weighted by Gasteiger charge is 2.22. The SMILES string of the molecule is O=P(O)(OCCC(Cl)Cl)Oc1ccccc1. The van der Waals surface area contributed by atoms with Crippen molar-refractivity contribution in [1.29, 1.82) is 0 Å². The predicted octanol–water partition coefficient (Wildman–Crippen LogP) is 3.38. The maximum Gasteiger partial charge on any atom is 0.527 e. The van der Waals surface area contributed by atoms with Crippen molar-refractivity contribution in [3.63, 3.8) is 0 Å². The Labute approximate surface area is 104 Å². The van der Waals surface area contributed by atoms with Gasteiger partial charge in [-0.2, -0.15) is 0 Å². The van der Waals surface area contributed by atoms with Crippen molar-refractivity contribution in [3.8, 4) is 5.75 Å². The van der Waals surface area contributed by atoms with Crippen LogP contribution in [0.1, 0.15) is 6.42 Å². The van der Waals surface area contributed by atoms with E-state index in [9.17, 15) is 9.46 Å². The van der Waals surface area contributed by atoms with Gasteiger partial charge in [-0.25, -0.2) is 4.57 Å². The fourth-order valence-electron chi connectivity index (χ4n) is 0.898. The van der Waals surface area contributed by atoms with E-state index in [1.807, 2.05) is 0 Å². The molecule has 0 bridgehead atoms. The van der Waals surface area contributed by atoms with Crippen molar-refractivity contribution >= 4 is 31.0 Å². The third-order valence-electron chi connectivity index (χ3n) is 1.55. The fraction of sp³-hybridized carbons (Fsp3) is 0.333. The van der Waals surface area contributed by atoms with Gasteiger partial charge in [0.15, 0.2) is 0 Å². The number of phosphoric acid groups is 1. The highest BCUT2D eigenvalue weighted by atomic mass is 35.5. The summed E-state index contributed by atoms with van der Waals surface area (Å²) in [4.78, 5) is 8.68. The topological polar surface area (TPSA) is 55.8 Å². The Kier molecular flexibility index (Phi) is 5.59. The summed E-state index contributed by atoms with van der Waals surface area (Å²) in [6, 6.07) is 8.24. The van der Waals surface area contributed by atoms with Crippen LogP contribution in [0.3, 0.4) is 0 Å². The molecule has 0 heterocycles. The molecular formula is C9H11Cl2O4P. The van der Waals surface area contributed by atoms with Crippen LogP contribution in [0.5, 0.6) is 5.75 Å². The van der Waals surface area contributed by atoms with Crippen LogP contribution < -0.4 is 4.52 Å². The van der Waals surface area contributed by atoms with Crippen molar-refractivity contribution in [2.24, 2.45) is 0 Å². The summed E-state index contributed by atoms with van der Waals surface area (Å²) < 4.78 is 20.8. The van der Waals surface area contributed by atoms with Gasteiger partial charge in [-0.05, 0) is 12.1 Å². The Morgan fingerprint density at radius 1 is 1.31 bits per heavy atom. The molecule has 90 valence electrons. The molecule has 1 aromatic carbocycles. The minimum Gasteiger partial charge on any atom is -0.404 e. The molecule has 0 aromatic heterocycles. The lowest BCUT2D eigenvalue weighted by molar-refractivity contribution is 0.203. The van der Waals surface area contributed by atoms with E-state index < -0.39 is 12.7 Å². The minimum atomic E-state index is -4.09. The lowest BCUT2D eigenvalue weighted by Crippen LogP contribution is -2.01. The van der Waals surface area contributed by atoms with E-state index in [1.165, 1.54) is 0 Å². The molecule has 0 saturated heterocycles. The zero-order valence-electron chi connectivity index (χ0n) is 8.25. The standard InChI is InChI=1S/C9H11Cl2O4P/c10-9(11)6-7-14-16(12,13)15-8-4-2-1-3-5-8/h1-5,9H,6-7H2,(H,12,13). The number of hydrogen-bond acceptors (Lipinski definition) is 3. The molecule has 16 heavy (non-hydrogen) atoms.